The highest BCUT2D eigenvalue weighted by Gasteiger charge is 2.10. The van der Waals surface area contributed by atoms with Crippen LogP contribution < -0.4 is 10.0 Å². The molecule has 1 amide bonds. The smallest absolute Gasteiger partial charge is 0.244 e. The highest BCUT2D eigenvalue weighted by atomic mass is 35.5. The van der Waals surface area contributed by atoms with Crippen molar-refractivity contribution in [3.8, 4) is 0 Å². The maximum absolute atomic E-state index is 12.0. The Kier molecular flexibility index (Phi) is 6.36. The van der Waals surface area contributed by atoms with Crippen LogP contribution in [-0.2, 0) is 14.8 Å². The molecule has 5 nitrogen and oxygen atoms in total. The van der Waals surface area contributed by atoms with Crippen LogP contribution in [0, 0.1) is 0 Å². The Labute approximate surface area is 152 Å². The monoisotopic (exact) mass is 378 g/mol. The molecule has 1 atom stereocenters. The highest BCUT2D eigenvalue weighted by Crippen LogP contribution is 2.16. The lowest BCUT2D eigenvalue weighted by molar-refractivity contribution is -0.117. The predicted molar refractivity (Wildman–Crippen MR) is 99.7 cm³/mol. The molecule has 2 rings (SSSR count). The van der Waals surface area contributed by atoms with Gasteiger partial charge in [-0.15, -0.1) is 0 Å². The Morgan fingerprint density at radius 1 is 1.08 bits per heavy atom. The van der Waals surface area contributed by atoms with Gasteiger partial charge in [0, 0.05) is 11.1 Å². The molecule has 0 heterocycles. The fourth-order valence-corrected chi connectivity index (χ4v) is 3.00. The molecule has 0 saturated carbocycles. The third-order valence-corrected chi connectivity index (χ3v) is 5.30. The molecule has 0 radical (unpaired) electrons. The lowest BCUT2D eigenvalue weighted by Gasteiger charge is -2.12. The van der Waals surface area contributed by atoms with E-state index in [0.717, 1.165) is 11.1 Å². The van der Waals surface area contributed by atoms with Gasteiger partial charge in [0.25, 0.3) is 0 Å². The van der Waals surface area contributed by atoms with E-state index in [0.29, 0.717) is 5.02 Å². The van der Waals surface area contributed by atoms with Crippen molar-refractivity contribution in [2.75, 3.05) is 7.05 Å². The van der Waals surface area contributed by atoms with Gasteiger partial charge in [0.2, 0.25) is 15.9 Å². The van der Waals surface area contributed by atoms with E-state index >= 15 is 0 Å². The second-order valence-electron chi connectivity index (χ2n) is 5.39. The van der Waals surface area contributed by atoms with Crippen LogP contribution in [0.4, 0.5) is 0 Å². The van der Waals surface area contributed by atoms with E-state index in [1.807, 2.05) is 19.1 Å². The van der Waals surface area contributed by atoms with Crippen LogP contribution in [-0.4, -0.2) is 21.4 Å². The topological polar surface area (TPSA) is 75.3 Å². The van der Waals surface area contributed by atoms with Crippen molar-refractivity contribution in [3.05, 3.63) is 70.8 Å². The third kappa shape index (κ3) is 5.42. The fourth-order valence-electron chi connectivity index (χ4n) is 2.14. The van der Waals surface area contributed by atoms with E-state index in [2.05, 4.69) is 10.0 Å². The van der Waals surface area contributed by atoms with Crippen molar-refractivity contribution in [3.63, 3.8) is 0 Å². The quantitative estimate of drug-likeness (QED) is 0.758. The summed E-state index contributed by atoms with van der Waals surface area (Å²) < 4.78 is 25.6. The molecule has 0 fully saturated rings. The van der Waals surface area contributed by atoms with Crippen LogP contribution >= 0.6 is 11.6 Å². The Morgan fingerprint density at radius 2 is 1.68 bits per heavy atom. The van der Waals surface area contributed by atoms with Crippen LogP contribution in [0.1, 0.15) is 24.1 Å². The lowest BCUT2D eigenvalue weighted by Crippen LogP contribution is -2.24. The van der Waals surface area contributed by atoms with Gasteiger partial charge in [-0.2, -0.15) is 0 Å². The molecule has 0 spiro atoms. The summed E-state index contributed by atoms with van der Waals surface area (Å²) >= 11 is 5.85. The minimum absolute atomic E-state index is 0.155. The largest absolute Gasteiger partial charge is 0.346 e. The molecule has 2 aromatic rings. The van der Waals surface area contributed by atoms with Crippen molar-refractivity contribution in [2.24, 2.45) is 0 Å². The van der Waals surface area contributed by atoms with Gasteiger partial charge in [-0.05, 0) is 55.4 Å². The molecule has 0 saturated heterocycles. The summed E-state index contributed by atoms with van der Waals surface area (Å²) in [5, 5.41) is 3.50. The predicted octanol–water partition coefficient (Wildman–Crippen LogP) is 3.14. The van der Waals surface area contributed by atoms with E-state index in [4.69, 9.17) is 11.6 Å². The number of hydrogen-bond donors (Lipinski definition) is 2. The molecule has 0 bridgehead atoms. The first-order valence-corrected chi connectivity index (χ1v) is 9.45. The minimum atomic E-state index is -3.46. The zero-order valence-corrected chi connectivity index (χ0v) is 15.4. The molecule has 0 aromatic heterocycles. The summed E-state index contributed by atoms with van der Waals surface area (Å²) in [5.41, 5.74) is 1.68. The number of amides is 1. The summed E-state index contributed by atoms with van der Waals surface area (Å²) in [7, 11) is -2.10. The molecule has 2 aromatic carbocycles. The number of halogens is 1. The third-order valence-electron chi connectivity index (χ3n) is 3.62. The zero-order chi connectivity index (χ0) is 18.4. The molecule has 0 aliphatic heterocycles. The van der Waals surface area contributed by atoms with Crippen molar-refractivity contribution in [1.29, 1.82) is 0 Å². The van der Waals surface area contributed by atoms with Gasteiger partial charge in [-0.3, -0.25) is 4.79 Å². The van der Waals surface area contributed by atoms with Crippen molar-refractivity contribution in [1.82, 2.24) is 10.0 Å². The highest BCUT2D eigenvalue weighted by molar-refractivity contribution is 7.89. The summed E-state index contributed by atoms with van der Waals surface area (Å²) in [6, 6.07) is 13.4. The van der Waals surface area contributed by atoms with Gasteiger partial charge < -0.3 is 5.32 Å². The SMILES string of the molecule is CNS(=O)(=O)c1ccc(/C=C/C(=O)NC(C)c2ccc(Cl)cc2)cc1. The fraction of sp³-hybridized carbons (Fsp3) is 0.167. The number of carbonyl (C=O) groups excluding carboxylic acids is 1. The van der Waals surface area contributed by atoms with E-state index in [1.165, 1.54) is 25.3 Å². The number of carbonyl (C=O) groups is 1. The molecular weight excluding hydrogens is 360 g/mol. The Balaban J connectivity index is 1.99. The first kappa shape index (κ1) is 19.2. The molecule has 132 valence electrons. The van der Waals surface area contributed by atoms with Crippen molar-refractivity contribution < 1.29 is 13.2 Å². The number of nitrogens with one attached hydrogen (secondary N) is 2. The normalized spacial score (nSPS) is 12.9. The summed E-state index contributed by atoms with van der Waals surface area (Å²) in [6.45, 7) is 1.88. The average Bonchev–Trinajstić information content (AvgIpc) is 2.61. The number of rotatable bonds is 6. The zero-order valence-electron chi connectivity index (χ0n) is 13.9. The van der Waals surface area contributed by atoms with Crippen LogP contribution in [0.15, 0.2) is 59.5 Å². The molecule has 7 heteroatoms. The van der Waals surface area contributed by atoms with Crippen LogP contribution in [0.3, 0.4) is 0 Å². The first-order chi connectivity index (χ1) is 11.8. The van der Waals surface area contributed by atoms with Crippen LogP contribution in [0.25, 0.3) is 6.08 Å². The van der Waals surface area contributed by atoms with Crippen LogP contribution in [0.2, 0.25) is 5.02 Å². The Bertz CT molecular complexity index is 860. The summed E-state index contributed by atoms with van der Waals surface area (Å²) in [4.78, 5) is 12.2. The summed E-state index contributed by atoms with van der Waals surface area (Å²) in [6.07, 6.45) is 3.04. The van der Waals surface area contributed by atoms with Gasteiger partial charge in [0.05, 0.1) is 10.9 Å². The van der Waals surface area contributed by atoms with E-state index in [1.54, 1.807) is 30.3 Å². The molecule has 0 aliphatic rings. The number of sulfonamides is 1. The van der Waals surface area contributed by atoms with Crippen molar-refractivity contribution in [2.45, 2.75) is 17.9 Å². The summed E-state index contributed by atoms with van der Waals surface area (Å²) in [5.74, 6) is -0.241. The first-order valence-electron chi connectivity index (χ1n) is 7.59. The molecule has 25 heavy (non-hydrogen) atoms. The second-order valence-corrected chi connectivity index (χ2v) is 7.71. The standard InChI is InChI=1S/C18H19ClN2O3S/c1-13(15-6-8-16(19)9-7-15)21-18(22)12-5-14-3-10-17(11-4-14)25(23,24)20-2/h3-13,20H,1-2H3,(H,21,22)/b12-5+. The van der Waals surface area contributed by atoms with Gasteiger partial charge >= 0.3 is 0 Å². The van der Waals surface area contributed by atoms with E-state index < -0.39 is 10.0 Å². The van der Waals surface area contributed by atoms with Crippen LogP contribution in [0.5, 0.6) is 0 Å². The maximum atomic E-state index is 12.0. The molecule has 2 N–H and O–H groups in total. The van der Waals surface area contributed by atoms with Crippen molar-refractivity contribution >= 4 is 33.6 Å². The average molecular weight is 379 g/mol. The second kappa shape index (κ2) is 8.29. The Hall–Kier alpha value is -2.15. The maximum Gasteiger partial charge on any atom is 0.244 e. The minimum Gasteiger partial charge on any atom is -0.346 e. The number of hydrogen-bond acceptors (Lipinski definition) is 3. The van der Waals surface area contributed by atoms with Gasteiger partial charge in [0.15, 0.2) is 0 Å². The Morgan fingerprint density at radius 3 is 2.24 bits per heavy atom. The molecule has 1 unspecified atom stereocenters. The van der Waals surface area contributed by atoms with E-state index in [-0.39, 0.29) is 16.8 Å². The number of benzene rings is 2. The lowest BCUT2D eigenvalue weighted by atomic mass is 10.1. The van der Waals surface area contributed by atoms with Gasteiger partial charge in [0.1, 0.15) is 0 Å². The van der Waals surface area contributed by atoms with E-state index in [9.17, 15) is 13.2 Å². The van der Waals surface area contributed by atoms with Gasteiger partial charge in [-0.25, -0.2) is 13.1 Å². The molecular formula is C18H19ClN2O3S. The molecule has 0 aliphatic carbocycles. The van der Waals surface area contributed by atoms with Gasteiger partial charge in [-0.1, -0.05) is 35.9 Å².